The number of hydrogen-bond acceptors (Lipinski definition) is 5. The summed E-state index contributed by atoms with van der Waals surface area (Å²) >= 11 is 0. The molecule has 0 aromatic rings. The molecule has 5 atom stereocenters. The second-order valence-corrected chi connectivity index (χ2v) is 7.36. The van der Waals surface area contributed by atoms with E-state index in [9.17, 15) is 9.59 Å². The molecule has 2 aliphatic carbocycles. The molecule has 5 unspecified atom stereocenters. The molecular formula is C17H20O5. The van der Waals surface area contributed by atoms with Crippen LogP contribution in [0.3, 0.4) is 0 Å². The summed E-state index contributed by atoms with van der Waals surface area (Å²) < 4.78 is 16.2. The van der Waals surface area contributed by atoms with Crippen LogP contribution in [0, 0.1) is 16.7 Å². The van der Waals surface area contributed by atoms with Gasteiger partial charge in [0.05, 0.1) is 0 Å². The number of esters is 2. The first-order chi connectivity index (χ1) is 10.3. The van der Waals surface area contributed by atoms with Crippen molar-refractivity contribution in [1.82, 2.24) is 0 Å². The largest absolute Gasteiger partial charge is 0.461 e. The lowest BCUT2D eigenvalue weighted by atomic mass is 9.72. The molecule has 0 aromatic carbocycles. The third-order valence-electron chi connectivity index (χ3n) is 6.01. The van der Waals surface area contributed by atoms with E-state index < -0.39 is 11.0 Å². The molecule has 1 spiro atoms. The maximum Gasteiger partial charge on any atom is 0.317 e. The van der Waals surface area contributed by atoms with E-state index in [1.807, 2.05) is 19.1 Å². The standard InChI is InChI=1S/C17H20O5/c1-10(18)20-8-11-5-4-6-15(2)9-17(7-12(11)15)13(19)21-14-16(17,3)22-14/h4-6,12,14H,7-9H2,1-3H3. The molecule has 0 amide bonds. The molecule has 1 saturated carbocycles. The Bertz CT molecular complexity index is 635. The van der Waals surface area contributed by atoms with Crippen LogP contribution in [0.5, 0.6) is 0 Å². The van der Waals surface area contributed by atoms with Crippen LogP contribution in [-0.2, 0) is 23.8 Å². The van der Waals surface area contributed by atoms with Crippen LogP contribution < -0.4 is 0 Å². The van der Waals surface area contributed by atoms with Crippen molar-refractivity contribution in [3.05, 3.63) is 23.8 Å². The number of carbonyl (C=O) groups excluding carboxylic acids is 2. The van der Waals surface area contributed by atoms with E-state index in [1.165, 1.54) is 6.92 Å². The number of rotatable bonds is 2. The van der Waals surface area contributed by atoms with E-state index in [-0.39, 0.29) is 36.2 Å². The van der Waals surface area contributed by atoms with Crippen LogP contribution in [0.2, 0.25) is 0 Å². The average molecular weight is 304 g/mol. The predicted molar refractivity (Wildman–Crippen MR) is 76.5 cm³/mol. The molecule has 4 aliphatic rings. The summed E-state index contributed by atoms with van der Waals surface area (Å²) in [5.41, 5.74) is -0.142. The lowest BCUT2D eigenvalue weighted by Gasteiger charge is -2.32. The van der Waals surface area contributed by atoms with Gasteiger partial charge in [0, 0.05) is 6.92 Å². The van der Waals surface area contributed by atoms with Gasteiger partial charge >= 0.3 is 11.9 Å². The smallest absolute Gasteiger partial charge is 0.317 e. The highest BCUT2D eigenvalue weighted by molar-refractivity contribution is 5.83. The van der Waals surface area contributed by atoms with E-state index in [4.69, 9.17) is 14.2 Å². The molecule has 0 aromatic heterocycles. The highest BCUT2D eigenvalue weighted by Gasteiger charge is 2.80. The summed E-state index contributed by atoms with van der Waals surface area (Å²) in [4.78, 5) is 23.6. The van der Waals surface area contributed by atoms with Gasteiger partial charge in [0.15, 0.2) is 0 Å². The molecular weight excluding hydrogens is 284 g/mol. The van der Waals surface area contributed by atoms with Crippen molar-refractivity contribution in [3.8, 4) is 0 Å². The Hall–Kier alpha value is -1.62. The van der Waals surface area contributed by atoms with Gasteiger partial charge in [-0.1, -0.05) is 25.2 Å². The third-order valence-corrected chi connectivity index (χ3v) is 6.01. The Balaban J connectivity index is 1.66. The summed E-state index contributed by atoms with van der Waals surface area (Å²) in [5, 5.41) is 0. The van der Waals surface area contributed by atoms with Gasteiger partial charge in [0.2, 0.25) is 6.29 Å². The summed E-state index contributed by atoms with van der Waals surface area (Å²) in [6.45, 7) is 5.83. The lowest BCUT2D eigenvalue weighted by Crippen LogP contribution is -2.38. The normalized spacial score (nSPS) is 47.8. The van der Waals surface area contributed by atoms with E-state index >= 15 is 0 Å². The van der Waals surface area contributed by atoms with Gasteiger partial charge in [-0.15, -0.1) is 0 Å². The number of epoxide rings is 1. The SMILES string of the molecule is CC(=O)OCC1=CC=CC2(C)CC3(CC12)C(=O)OC1OC13C. The van der Waals surface area contributed by atoms with Crippen molar-refractivity contribution in [2.75, 3.05) is 6.61 Å². The third kappa shape index (κ3) is 1.57. The van der Waals surface area contributed by atoms with Crippen molar-refractivity contribution >= 4 is 11.9 Å². The molecule has 118 valence electrons. The molecule has 2 aliphatic heterocycles. The summed E-state index contributed by atoms with van der Waals surface area (Å²) in [7, 11) is 0. The molecule has 0 N–H and O–H groups in total. The lowest BCUT2D eigenvalue weighted by molar-refractivity contribution is -0.160. The molecule has 0 radical (unpaired) electrons. The first-order valence-corrected chi connectivity index (χ1v) is 7.71. The number of ether oxygens (including phenoxy) is 3. The number of hydrogen-bond donors (Lipinski definition) is 0. The number of allylic oxidation sites excluding steroid dienone is 3. The first-order valence-electron chi connectivity index (χ1n) is 7.71. The minimum absolute atomic E-state index is 0.132. The van der Waals surface area contributed by atoms with E-state index in [1.54, 1.807) is 0 Å². The molecule has 0 bridgehead atoms. The second-order valence-electron chi connectivity index (χ2n) is 7.36. The Morgan fingerprint density at radius 2 is 2.23 bits per heavy atom. The summed E-state index contributed by atoms with van der Waals surface area (Å²) in [5.74, 6) is -0.256. The van der Waals surface area contributed by atoms with Gasteiger partial charge < -0.3 is 14.2 Å². The van der Waals surface area contributed by atoms with Crippen LogP contribution >= 0.6 is 0 Å². The number of carbonyl (C=O) groups is 2. The van der Waals surface area contributed by atoms with Crippen molar-refractivity contribution in [3.63, 3.8) is 0 Å². The van der Waals surface area contributed by atoms with Crippen molar-refractivity contribution < 1.29 is 23.8 Å². The molecule has 2 heterocycles. The van der Waals surface area contributed by atoms with Gasteiger partial charge in [-0.3, -0.25) is 9.59 Å². The predicted octanol–water partition coefficient (Wildman–Crippen LogP) is 2.12. The molecule has 5 nitrogen and oxygen atoms in total. The van der Waals surface area contributed by atoms with Crippen LogP contribution in [0.15, 0.2) is 23.8 Å². The van der Waals surface area contributed by atoms with Crippen LogP contribution in [0.4, 0.5) is 0 Å². The molecule has 22 heavy (non-hydrogen) atoms. The van der Waals surface area contributed by atoms with E-state index in [0.717, 1.165) is 5.57 Å². The molecule has 5 heteroatoms. The highest BCUT2D eigenvalue weighted by atomic mass is 16.8. The Morgan fingerprint density at radius 3 is 2.86 bits per heavy atom. The number of fused-ring (bicyclic) bond motifs is 3. The summed E-state index contributed by atoms with van der Waals surface area (Å²) in [6.07, 6.45) is 7.19. The molecule has 2 saturated heterocycles. The topological polar surface area (TPSA) is 65.1 Å². The minimum atomic E-state index is -0.582. The Labute approximate surface area is 129 Å². The monoisotopic (exact) mass is 304 g/mol. The average Bonchev–Trinajstić information content (AvgIpc) is 2.89. The summed E-state index contributed by atoms with van der Waals surface area (Å²) in [6, 6.07) is 0. The maximum absolute atomic E-state index is 12.5. The molecule has 3 fully saturated rings. The fraction of sp³-hybridized carbons (Fsp3) is 0.647. The van der Waals surface area contributed by atoms with Crippen molar-refractivity contribution in [1.29, 1.82) is 0 Å². The highest BCUT2D eigenvalue weighted by Crippen LogP contribution is 2.70. The minimum Gasteiger partial charge on any atom is -0.461 e. The van der Waals surface area contributed by atoms with Gasteiger partial charge in [0.1, 0.15) is 17.6 Å². The van der Waals surface area contributed by atoms with Gasteiger partial charge in [0.25, 0.3) is 0 Å². The first kappa shape index (κ1) is 14.0. The Kier molecular flexibility index (Phi) is 2.56. The fourth-order valence-electron chi connectivity index (χ4n) is 4.61. The van der Waals surface area contributed by atoms with Crippen LogP contribution in [0.1, 0.15) is 33.6 Å². The van der Waals surface area contributed by atoms with Crippen LogP contribution in [-0.4, -0.2) is 30.4 Å². The van der Waals surface area contributed by atoms with E-state index in [2.05, 4.69) is 13.0 Å². The van der Waals surface area contributed by atoms with Gasteiger partial charge in [-0.05, 0) is 36.7 Å². The van der Waals surface area contributed by atoms with Gasteiger partial charge in [-0.25, -0.2) is 0 Å². The zero-order valence-corrected chi connectivity index (χ0v) is 13.0. The quantitative estimate of drug-likeness (QED) is 0.577. The van der Waals surface area contributed by atoms with Crippen molar-refractivity contribution in [2.45, 2.75) is 45.5 Å². The second kappa shape index (κ2) is 4.02. The van der Waals surface area contributed by atoms with Crippen LogP contribution in [0.25, 0.3) is 0 Å². The zero-order chi connectivity index (χ0) is 15.8. The Morgan fingerprint density at radius 1 is 1.45 bits per heavy atom. The molecule has 4 rings (SSSR count). The van der Waals surface area contributed by atoms with Gasteiger partial charge in [-0.2, -0.15) is 0 Å². The van der Waals surface area contributed by atoms with Crippen molar-refractivity contribution in [2.24, 2.45) is 16.7 Å². The maximum atomic E-state index is 12.5. The fourth-order valence-corrected chi connectivity index (χ4v) is 4.61. The zero-order valence-electron chi connectivity index (χ0n) is 13.0. The van der Waals surface area contributed by atoms with E-state index in [0.29, 0.717) is 12.8 Å².